The van der Waals surface area contributed by atoms with Gasteiger partial charge in [-0.1, -0.05) is 12.1 Å². The molecule has 130 valence electrons. The van der Waals surface area contributed by atoms with Gasteiger partial charge in [-0.15, -0.1) is 0 Å². The van der Waals surface area contributed by atoms with E-state index in [9.17, 15) is 4.79 Å². The van der Waals surface area contributed by atoms with Crippen molar-refractivity contribution in [3.63, 3.8) is 0 Å². The summed E-state index contributed by atoms with van der Waals surface area (Å²) in [6, 6.07) is 7.53. The van der Waals surface area contributed by atoms with E-state index >= 15 is 0 Å². The second kappa shape index (κ2) is 6.30. The first-order valence-corrected chi connectivity index (χ1v) is 9.31. The predicted octanol–water partition coefficient (Wildman–Crippen LogP) is 3.55. The Hall–Kier alpha value is -1.71. The molecule has 0 spiro atoms. The van der Waals surface area contributed by atoms with Gasteiger partial charge >= 0.3 is 0 Å². The lowest BCUT2D eigenvalue weighted by Gasteiger charge is -2.56. The minimum Gasteiger partial charge on any atom is -0.490 e. The van der Waals surface area contributed by atoms with E-state index in [0.717, 1.165) is 17.8 Å². The molecule has 4 aliphatic carbocycles. The molecule has 1 amide bonds. The van der Waals surface area contributed by atoms with E-state index in [1.807, 2.05) is 31.2 Å². The van der Waals surface area contributed by atoms with E-state index in [-0.39, 0.29) is 18.1 Å². The third-order valence-corrected chi connectivity index (χ3v) is 5.95. The van der Waals surface area contributed by atoms with Crippen LogP contribution in [0.1, 0.15) is 45.4 Å². The molecule has 5 rings (SSSR count). The van der Waals surface area contributed by atoms with Crippen LogP contribution in [0.15, 0.2) is 24.3 Å². The van der Waals surface area contributed by atoms with Gasteiger partial charge in [0.05, 0.1) is 6.61 Å². The molecule has 4 saturated carbocycles. The first-order chi connectivity index (χ1) is 11.7. The number of para-hydroxylation sites is 2. The first kappa shape index (κ1) is 15.8. The summed E-state index contributed by atoms with van der Waals surface area (Å²) in [4.78, 5) is 12.5. The molecule has 0 atom stereocenters. The molecule has 24 heavy (non-hydrogen) atoms. The summed E-state index contributed by atoms with van der Waals surface area (Å²) in [5, 5.41) is 3.34. The van der Waals surface area contributed by atoms with E-state index in [0.29, 0.717) is 18.1 Å². The maximum Gasteiger partial charge on any atom is 0.258 e. The van der Waals surface area contributed by atoms with Crippen molar-refractivity contribution >= 4 is 5.91 Å². The average Bonchev–Trinajstić information content (AvgIpc) is 2.52. The third-order valence-electron chi connectivity index (χ3n) is 5.95. The van der Waals surface area contributed by atoms with Crippen LogP contribution in [0, 0.1) is 17.8 Å². The number of nitrogens with one attached hydrogen (secondary N) is 1. The van der Waals surface area contributed by atoms with Gasteiger partial charge in [-0.3, -0.25) is 4.79 Å². The fourth-order valence-electron chi connectivity index (χ4n) is 5.58. The number of benzene rings is 1. The number of ether oxygens (including phenoxy) is 2. The molecule has 4 aliphatic rings. The SMILES string of the molecule is CCOc1ccccc1OCC(=O)NC12CC3CC(CC(C3)C1)C2. The Morgan fingerprint density at radius 1 is 1.04 bits per heavy atom. The lowest BCUT2D eigenvalue weighted by atomic mass is 9.53. The Kier molecular flexibility index (Phi) is 4.15. The van der Waals surface area contributed by atoms with Crippen LogP contribution in [0.25, 0.3) is 0 Å². The molecule has 0 heterocycles. The molecule has 4 nitrogen and oxygen atoms in total. The highest BCUT2D eigenvalue weighted by Gasteiger charge is 2.51. The molecular weight excluding hydrogens is 302 g/mol. The molecule has 1 aromatic carbocycles. The van der Waals surface area contributed by atoms with Gasteiger partial charge in [-0.2, -0.15) is 0 Å². The molecule has 0 aromatic heterocycles. The summed E-state index contributed by atoms with van der Waals surface area (Å²) in [5.41, 5.74) is 0.0502. The summed E-state index contributed by atoms with van der Waals surface area (Å²) >= 11 is 0. The summed E-state index contributed by atoms with van der Waals surface area (Å²) in [7, 11) is 0. The molecule has 0 aliphatic heterocycles. The van der Waals surface area contributed by atoms with Crippen molar-refractivity contribution in [2.75, 3.05) is 13.2 Å². The average molecular weight is 329 g/mol. The zero-order valence-electron chi connectivity index (χ0n) is 14.4. The van der Waals surface area contributed by atoms with Crippen LogP contribution < -0.4 is 14.8 Å². The van der Waals surface area contributed by atoms with Crippen LogP contribution in [0.4, 0.5) is 0 Å². The predicted molar refractivity (Wildman–Crippen MR) is 92.2 cm³/mol. The topological polar surface area (TPSA) is 47.6 Å². The van der Waals surface area contributed by atoms with Crippen molar-refractivity contribution in [2.24, 2.45) is 17.8 Å². The van der Waals surface area contributed by atoms with E-state index in [2.05, 4.69) is 5.32 Å². The molecule has 1 aromatic rings. The summed E-state index contributed by atoms with van der Waals surface area (Å²) < 4.78 is 11.3. The summed E-state index contributed by atoms with van der Waals surface area (Å²) in [6.45, 7) is 2.59. The molecule has 4 heteroatoms. The minimum absolute atomic E-state index is 0.00301. The lowest BCUT2D eigenvalue weighted by molar-refractivity contribution is -0.128. The van der Waals surface area contributed by atoms with Crippen molar-refractivity contribution in [3.8, 4) is 11.5 Å². The van der Waals surface area contributed by atoms with Gasteiger partial charge in [-0.05, 0) is 75.3 Å². The molecule has 0 unspecified atom stereocenters. The number of hydrogen-bond acceptors (Lipinski definition) is 3. The maximum absolute atomic E-state index is 12.5. The fourth-order valence-corrected chi connectivity index (χ4v) is 5.58. The Morgan fingerprint density at radius 2 is 1.58 bits per heavy atom. The van der Waals surface area contributed by atoms with Crippen molar-refractivity contribution in [2.45, 2.75) is 51.0 Å². The van der Waals surface area contributed by atoms with Crippen molar-refractivity contribution in [1.82, 2.24) is 5.32 Å². The monoisotopic (exact) mass is 329 g/mol. The van der Waals surface area contributed by atoms with Gasteiger partial charge in [0.1, 0.15) is 0 Å². The number of hydrogen-bond donors (Lipinski definition) is 1. The maximum atomic E-state index is 12.5. The van der Waals surface area contributed by atoms with Crippen LogP contribution in [0.3, 0.4) is 0 Å². The molecule has 4 bridgehead atoms. The molecule has 0 radical (unpaired) electrons. The highest BCUT2D eigenvalue weighted by atomic mass is 16.5. The molecule has 1 N–H and O–H groups in total. The first-order valence-electron chi connectivity index (χ1n) is 9.31. The van der Waals surface area contributed by atoms with E-state index < -0.39 is 0 Å². The van der Waals surface area contributed by atoms with Crippen LogP contribution in [0.2, 0.25) is 0 Å². The fraction of sp³-hybridized carbons (Fsp3) is 0.650. The van der Waals surface area contributed by atoms with Gasteiger partial charge < -0.3 is 14.8 Å². The summed E-state index contributed by atoms with van der Waals surface area (Å²) in [6.07, 6.45) is 7.65. The highest BCUT2D eigenvalue weighted by molar-refractivity contribution is 5.78. The van der Waals surface area contributed by atoms with Gasteiger partial charge in [0.15, 0.2) is 18.1 Å². The quantitative estimate of drug-likeness (QED) is 0.868. The molecular formula is C20H27NO3. The minimum atomic E-state index is 0.00301. The smallest absolute Gasteiger partial charge is 0.258 e. The Bertz CT molecular complexity index is 577. The van der Waals surface area contributed by atoms with Crippen LogP contribution in [-0.2, 0) is 4.79 Å². The summed E-state index contributed by atoms with van der Waals surface area (Å²) in [5.74, 6) is 3.83. The molecule has 0 saturated heterocycles. The second-order valence-corrected chi connectivity index (χ2v) is 7.91. The van der Waals surface area contributed by atoms with Crippen LogP contribution >= 0.6 is 0 Å². The Morgan fingerprint density at radius 3 is 2.12 bits per heavy atom. The number of amides is 1. The number of rotatable bonds is 6. The second-order valence-electron chi connectivity index (χ2n) is 7.91. The van der Waals surface area contributed by atoms with Gasteiger partial charge in [-0.25, -0.2) is 0 Å². The standard InChI is InChI=1S/C20H27NO3/c1-2-23-17-5-3-4-6-18(17)24-13-19(22)21-20-10-14-7-15(11-20)9-16(8-14)12-20/h3-6,14-16H,2,7-13H2,1H3,(H,21,22). The van der Waals surface area contributed by atoms with Crippen molar-refractivity contribution in [3.05, 3.63) is 24.3 Å². The third kappa shape index (κ3) is 3.11. The van der Waals surface area contributed by atoms with E-state index in [1.54, 1.807) is 0 Å². The van der Waals surface area contributed by atoms with E-state index in [1.165, 1.54) is 38.5 Å². The van der Waals surface area contributed by atoms with Gasteiger partial charge in [0.25, 0.3) is 5.91 Å². The van der Waals surface area contributed by atoms with Gasteiger partial charge in [0, 0.05) is 5.54 Å². The Labute approximate surface area is 143 Å². The van der Waals surface area contributed by atoms with Crippen molar-refractivity contribution < 1.29 is 14.3 Å². The molecule has 4 fully saturated rings. The Balaban J connectivity index is 1.36. The van der Waals surface area contributed by atoms with Crippen LogP contribution in [-0.4, -0.2) is 24.7 Å². The van der Waals surface area contributed by atoms with Crippen LogP contribution in [0.5, 0.6) is 11.5 Å². The highest BCUT2D eigenvalue weighted by Crippen LogP contribution is 2.55. The van der Waals surface area contributed by atoms with Gasteiger partial charge in [0.2, 0.25) is 0 Å². The number of carbonyl (C=O) groups is 1. The number of carbonyl (C=O) groups excluding carboxylic acids is 1. The van der Waals surface area contributed by atoms with Crippen molar-refractivity contribution in [1.29, 1.82) is 0 Å². The zero-order valence-corrected chi connectivity index (χ0v) is 14.4. The normalized spacial score (nSPS) is 33.3. The zero-order chi connectivity index (χ0) is 16.6. The lowest BCUT2D eigenvalue weighted by Crippen LogP contribution is -2.60. The largest absolute Gasteiger partial charge is 0.490 e. The van der Waals surface area contributed by atoms with E-state index in [4.69, 9.17) is 9.47 Å².